The van der Waals surface area contributed by atoms with E-state index in [-0.39, 0.29) is 5.91 Å². The third-order valence-corrected chi connectivity index (χ3v) is 6.03. The van der Waals surface area contributed by atoms with Crippen LogP contribution in [0.4, 0.5) is 5.69 Å². The molecule has 1 amide bonds. The van der Waals surface area contributed by atoms with Crippen LogP contribution in [0.2, 0.25) is 0 Å². The lowest BCUT2D eigenvalue weighted by Gasteiger charge is -2.09. The van der Waals surface area contributed by atoms with Crippen LogP contribution in [-0.2, 0) is 0 Å². The number of rotatable bonds is 4. The van der Waals surface area contributed by atoms with Crippen molar-refractivity contribution >= 4 is 22.4 Å². The van der Waals surface area contributed by atoms with Crippen molar-refractivity contribution in [1.29, 1.82) is 0 Å². The van der Waals surface area contributed by atoms with Gasteiger partial charge in [-0.2, -0.15) is 5.10 Å². The summed E-state index contributed by atoms with van der Waals surface area (Å²) in [5.41, 5.74) is 7.42. The summed E-state index contributed by atoms with van der Waals surface area (Å²) in [5, 5.41) is 10.0. The van der Waals surface area contributed by atoms with Gasteiger partial charge in [0.1, 0.15) is 0 Å². The number of anilines is 1. The minimum absolute atomic E-state index is 0.230. The van der Waals surface area contributed by atoms with E-state index >= 15 is 0 Å². The second kappa shape index (κ2) is 8.40. The second-order valence-corrected chi connectivity index (χ2v) is 8.48. The third kappa shape index (κ3) is 4.15. The van der Waals surface area contributed by atoms with Crippen LogP contribution in [0.5, 0.6) is 0 Å². The molecule has 0 aliphatic rings. The van der Waals surface area contributed by atoms with Gasteiger partial charge in [-0.3, -0.25) is 4.79 Å². The zero-order valence-electron chi connectivity index (χ0n) is 19.0. The summed E-state index contributed by atoms with van der Waals surface area (Å²) < 4.78 is 1.85. The highest BCUT2D eigenvalue weighted by molar-refractivity contribution is 6.03. The smallest absolute Gasteiger partial charge is 0.276 e. The van der Waals surface area contributed by atoms with E-state index in [0.717, 1.165) is 33.6 Å². The Morgan fingerprint density at radius 1 is 0.758 bits per heavy atom. The lowest BCUT2D eigenvalue weighted by Crippen LogP contribution is -2.13. The first-order chi connectivity index (χ1) is 16.0. The van der Waals surface area contributed by atoms with E-state index < -0.39 is 0 Å². The first-order valence-corrected chi connectivity index (χ1v) is 11.0. The molecule has 1 aromatic heterocycles. The molecule has 4 aromatic carbocycles. The van der Waals surface area contributed by atoms with Gasteiger partial charge in [0.2, 0.25) is 0 Å². The van der Waals surface area contributed by atoms with Crippen molar-refractivity contribution in [3.63, 3.8) is 0 Å². The highest BCUT2D eigenvalue weighted by Crippen LogP contribution is 2.28. The first-order valence-electron chi connectivity index (χ1n) is 11.0. The Balaban J connectivity index is 1.58. The number of hydrogen-bond acceptors (Lipinski definition) is 2. The maximum absolute atomic E-state index is 13.1. The number of carbonyl (C=O) groups is 1. The lowest BCUT2D eigenvalue weighted by molar-refractivity contribution is 0.102. The summed E-state index contributed by atoms with van der Waals surface area (Å²) in [4.78, 5) is 13.1. The van der Waals surface area contributed by atoms with Crippen molar-refractivity contribution in [3.05, 3.63) is 113 Å². The van der Waals surface area contributed by atoms with Gasteiger partial charge in [-0.1, -0.05) is 60.2 Å². The van der Waals surface area contributed by atoms with Crippen molar-refractivity contribution in [2.45, 2.75) is 20.8 Å². The summed E-state index contributed by atoms with van der Waals surface area (Å²) in [6, 6.07) is 30.5. The van der Waals surface area contributed by atoms with Crippen LogP contribution < -0.4 is 5.32 Å². The van der Waals surface area contributed by atoms with Crippen LogP contribution in [0, 0.1) is 20.8 Å². The van der Waals surface area contributed by atoms with Gasteiger partial charge in [-0.25, -0.2) is 4.68 Å². The van der Waals surface area contributed by atoms with E-state index in [2.05, 4.69) is 61.6 Å². The number of benzene rings is 4. The van der Waals surface area contributed by atoms with Gasteiger partial charge in [0, 0.05) is 11.3 Å². The van der Waals surface area contributed by atoms with Gasteiger partial charge >= 0.3 is 0 Å². The number of hydrogen-bond donors (Lipinski definition) is 1. The molecule has 4 nitrogen and oxygen atoms in total. The molecular formula is C29H25N3O. The van der Waals surface area contributed by atoms with Crippen LogP contribution in [0.1, 0.15) is 27.2 Å². The molecule has 4 heteroatoms. The van der Waals surface area contributed by atoms with Gasteiger partial charge in [0.25, 0.3) is 5.91 Å². The van der Waals surface area contributed by atoms with Crippen molar-refractivity contribution in [1.82, 2.24) is 9.78 Å². The van der Waals surface area contributed by atoms with Crippen LogP contribution in [0.25, 0.3) is 27.7 Å². The second-order valence-electron chi connectivity index (χ2n) is 8.48. The van der Waals surface area contributed by atoms with Gasteiger partial charge in [0.05, 0.1) is 11.4 Å². The maximum atomic E-state index is 13.1. The minimum Gasteiger partial charge on any atom is -0.321 e. The Morgan fingerprint density at radius 3 is 2.27 bits per heavy atom. The Morgan fingerprint density at radius 2 is 1.52 bits per heavy atom. The average molecular weight is 432 g/mol. The van der Waals surface area contributed by atoms with E-state index in [0.29, 0.717) is 5.69 Å². The van der Waals surface area contributed by atoms with Crippen LogP contribution in [0.3, 0.4) is 0 Å². The molecule has 0 spiro atoms. The number of aromatic nitrogens is 2. The summed E-state index contributed by atoms with van der Waals surface area (Å²) in [5.74, 6) is -0.230. The van der Waals surface area contributed by atoms with E-state index in [4.69, 9.17) is 5.10 Å². The van der Waals surface area contributed by atoms with Gasteiger partial charge < -0.3 is 5.32 Å². The zero-order valence-corrected chi connectivity index (χ0v) is 19.0. The molecule has 5 aromatic rings. The standard InChI is InChI=1S/C29H25N3O/c1-19-8-14-26(15-9-19)32-28(24-12-11-22-6-4-5-7-23(22)17-24)18-27(31-32)29(33)30-25-13-10-20(2)21(3)16-25/h4-18H,1-3H3,(H,30,33). The molecule has 0 saturated carbocycles. The predicted octanol–water partition coefficient (Wildman–Crippen LogP) is 6.87. The Bertz CT molecular complexity index is 1480. The number of carbonyl (C=O) groups excluding carboxylic acids is 1. The van der Waals surface area contributed by atoms with Gasteiger partial charge in [-0.15, -0.1) is 0 Å². The largest absolute Gasteiger partial charge is 0.321 e. The molecule has 0 atom stereocenters. The zero-order chi connectivity index (χ0) is 22.9. The summed E-state index contributed by atoms with van der Waals surface area (Å²) in [6.07, 6.45) is 0. The lowest BCUT2D eigenvalue weighted by atomic mass is 10.0. The number of amides is 1. The first kappa shape index (κ1) is 20.7. The quantitative estimate of drug-likeness (QED) is 0.337. The van der Waals surface area contributed by atoms with Crippen molar-refractivity contribution < 1.29 is 4.79 Å². The SMILES string of the molecule is Cc1ccc(-n2nc(C(=O)Nc3ccc(C)c(C)c3)cc2-c2ccc3ccccc3c2)cc1. The normalized spacial score (nSPS) is 11.0. The molecule has 162 valence electrons. The topological polar surface area (TPSA) is 46.9 Å². The fourth-order valence-electron chi connectivity index (χ4n) is 3.94. The van der Waals surface area contributed by atoms with Crippen molar-refractivity contribution in [3.8, 4) is 16.9 Å². The molecule has 0 fully saturated rings. The van der Waals surface area contributed by atoms with E-state index in [1.165, 1.54) is 16.5 Å². The monoisotopic (exact) mass is 431 g/mol. The number of aryl methyl sites for hydroxylation is 3. The van der Waals surface area contributed by atoms with E-state index in [9.17, 15) is 4.79 Å². The fraction of sp³-hybridized carbons (Fsp3) is 0.103. The summed E-state index contributed by atoms with van der Waals surface area (Å²) in [7, 11) is 0. The minimum atomic E-state index is -0.230. The van der Waals surface area contributed by atoms with E-state index in [1.54, 1.807) is 0 Å². The van der Waals surface area contributed by atoms with Crippen LogP contribution in [0.15, 0.2) is 91.0 Å². The summed E-state index contributed by atoms with van der Waals surface area (Å²) >= 11 is 0. The Labute approximate surface area is 193 Å². The van der Waals surface area contributed by atoms with Gasteiger partial charge in [0.15, 0.2) is 5.69 Å². The van der Waals surface area contributed by atoms with E-state index in [1.807, 2.05) is 60.1 Å². The number of fused-ring (bicyclic) bond motifs is 1. The third-order valence-electron chi connectivity index (χ3n) is 6.03. The molecule has 0 saturated heterocycles. The number of nitrogens with one attached hydrogen (secondary N) is 1. The fourth-order valence-corrected chi connectivity index (χ4v) is 3.94. The molecule has 0 aliphatic heterocycles. The molecule has 0 bridgehead atoms. The molecule has 0 radical (unpaired) electrons. The van der Waals surface area contributed by atoms with Crippen molar-refractivity contribution in [2.24, 2.45) is 0 Å². The predicted molar refractivity (Wildman–Crippen MR) is 135 cm³/mol. The van der Waals surface area contributed by atoms with Crippen LogP contribution >= 0.6 is 0 Å². The molecule has 33 heavy (non-hydrogen) atoms. The molecule has 0 unspecified atom stereocenters. The van der Waals surface area contributed by atoms with Crippen molar-refractivity contribution in [2.75, 3.05) is 5.32 Å². The average Bonchev–Trinajstić information content (AvgIpc) is 3.27. The Hall–Kier alpha value is -4.18. The Kier molecular flexibility index (Phi) is 5.27. The molecule has 1 N–H and O–H groups in total. The molecule has 1 heterocycles. The molecule has 0 aliphatic carbocycles. The summed E-state index contributed by atoms with van der Waals surface area (Å²) in [6.45, 7) is 6.15. The van der Waals surface area contributed by atoms with Crippen LogP contribution in [-0.4, -0.2) is 15.7 Å². The highest BCUT2D eigenvalue weighted by Gasteiger charge is 2.17. The molecular weight excluding hydrogens is 406 g/mol. The highest BCUT2D eigenvalue weighted by atomic mass is 16.1. The molecule has 5 rings (SSSR count). The number of nitrogens with zero attached hydrogens (tertiary/aromatic N) is 2. The van der Waals surface area contributed by atoms with Gasteiger partial charge in [-0.05, 0) is 79.1 Å². The maximum Gasteiger partial charge on any atom is 0.276 e.